The Hall–Kier alpha value is -0.0800. The molecule has 2 rings (SSSR count). The van der Waals surface area contributed by atoms with Crippen LogP contribution in [0, 0.1) is 23.2 Å². The predicted molar refractivity (Wildman–Crippen MR) is 71.9 cm³/mol. The molecule has 0 aromatic heterocycles. The van der Waals surface area contributed by atoms with Crippen molar-refractivity contribution in [2.45, 2.75) is 59.0 Å². The molecule has 1 aliphatic heterocycles. The number of nitrogens with one attached hydrogen (secondary N) is 1. The molecule has 2 aliphatic rings. The van der Waals surface area contributed by atoms with Gasteiger partial charge >= 0.3 is 0 Å². The van der Waals surface area contributed by atoms with E-state index in [0.29, 0.717) is 5.92 Å². The molecule has 0 radical (unpaired) electrons. The standard InChI is InChI=1S/C15H29NO/c1-11-5-6-13(9-12(11)2)15(17)7-8-16-10-14(15,3)4/h11-13,16-17H,5-10H2,1-4H3. The fourth-order valence-corrected chi connectivity index (χ4v) is 3.91. The molecule has 1 saturated heterocycles. The van der Waals surface area contributed by atoms with Crippen LogP contribution in [0.4, 0.5) is 0 Å². The second kappa shape index (κ2) is 4.55. The molecule has 2 heteroatoms. The first kappa shape index (κ1) is 13.4. The van der Waals surface area contributed by atoms with Crippen LogP contribution in [0.3, 0.4) is 0 Å². The molecule has 1 aliphatic carbocycles. The average Bonchev–Trinajstić information content (AvgIpc) is 2.26. The van der Waals surface area contributed by atoms with E-state index in [0.717, 1.165) is 31.3 Å². The van der Waals surface area contributed by atoms with Crippen molar-refractivity contribution in [1.29, 1.82) is 0 Å². The highest BCUT2D eigenvalue weighted by Gasteiger charge is 2.51. The molecule has 0 spiro atoms. The summed E-state index contributed by atoms with van der Waals surface area (Å²) in [6.07, 6.45) is 4.63. The summed E-state index contributed by atoms with van der Waals surface area (Å²) in [4.78, 5) is 0. The molecule has 1 saturated carbocycles. The SMILES string of the molecule is CC1CCC(C2(O)CCNCC2(C)C)CC1C. The minimum Gasteiger partial charge on any atom is -0.389 e. The molecule has 1 heterocycles. The topological polar surface area (TPSA) is 32.3 Å². The monoisotopic (exact) mass is 239 g/mol. The maximum absolute atomic E-state index is 11.2. The van der Waals surface area contributed by atoms with Gasteiger partial charge in [0.2, 0.25) is 0 Å². The molecule has 100 valence electrons. The van der Waals surface area contributed by atoms with Gasteiger partial charge < -0.3 is 10.4 Å². The predicted octanol–water partition coefficient (Wildman–Crippen LogP) is 2.81. The highest BCUT2D eigenvalue weighted by Crippen LogP contribution is 2.48. The van der Waals surface area contributed by atoms with Gasteiger partial charge in [0, 0.05) is 12.0 Å². The number of piperidine rings is 1. The number of hydrogen-bond acceptors (Lipinski definition) is 2. The van der Waals surface area contributed by atoms with Gasteiger partial charge in [-0.3, -0.25) is 0 Å². The summed E-state index contributed by atoms with van der Waals surface area (Å²) in [5.74, 6) is 2.11. The van der Waals surface area contributed by atoms with Crippen LogP contribution in [0.25, 0.3) is 0 Å². The minimum atomic E-state index is -0.452. The number of hydrogen-bond donors (Lipinski definition) is 2. The molecule has 2 nitrogen and oxygen atoms in total. The maximum Gasteiger partial charge on any atom is 0.0750 e. The Balaban J connectivity index is 2.14. The first-order valence-electron chi connectivity index (χ1n) is 7.30. The van der Waals surface area contributed by atoms with E-state index < -0.39 is 5.60 Å². The van der Waals surface area contributed by atoms with Crippen LogP contribution >= 0.6 is 0 Å². The van der Waals surface area contributed by atoms with Crippen LogP contribution in [-0.4, -0.2) is 23.8 Å². The summed E-state index contributed by atoms with van der Waals surface area (Å²) >= 11 is 0. The Labute approximate surface area is 106 Å². The van der Waals surface area contributed by atoms with Gasteiger partial charge in [-0.2, -0.15) is 0 Å². The van der Waals surface area contributed by atoms with Gasteiger partial charge in [0.25, 0.3) is 0 Å². The minimum absolute atomic E-state index is 0.0101. The Morgan fingerprint density at radius 3 is 2.41 bits per heavy atom. The highest BCUT2D eigenvalue weighted by atomic mass is 16.3. The lowest BCUT2D eigenvalue weighted by atomic mass is 9.58. The lowest BCUT2D eigenvalue weighted by Crippen LogP contribution is -2.60. The summed E-state index contributed by atoms with van der Waals surface area (Å²) in [6.45, 7) is 11.1. The smallest absolute Gasteiger partial charge is 0.0750 e. The van der Waals surface area contributed by atoms with Crippen molar-refractivity contribution in [2.24, 2.45) is 23.2 Å². The summed E-state index contributed by atoms with van der Waals surface area (Å²) in [5.41, 5.74) is -0.442. The first-order chi connectivity index (χ1) is 7.87. The lowest BCUT2D eigenvalue weighted by Gasteiger charge is -2.53. The zero-order valence-electron chi connectivity index (χ0n) is 11.9. The molecule has 17 heavy (non-hydrogen) atoms. The summed E-state index contributed by atoms with van der Waals surface area (Å²) in [7, 11) is 0. The number of rotatable bonds is 1. The molecule has 4 unspecified atom stereocenters. The summed E-state index contributed by atoms with van der Waals surface area (Å²) < 4.78 is 0. The zero-order chi connectivity index (χ0) is 12.7. The largest absolute Gasteiger partial charge is 0.389 e. The maximum atomic E-state index is 11.2. The highest BCUT2D eigenvalue weighted by molar-refractivity contribution is 5.03. The molecular weight excluding hydrogens is 210 g/mol. The summed E-state index contributed by atoms with van der Waals surface area (Å²) in [6, 6.07) is 0. The molecular formula is C15H29NO. The van der Waals surface area contributed by atoms with Crippen molar-refractivity contribution in [2.75, 3.05) is 13.1 Å². The first-order valence-corrected chi connectivity index (χ1v) is 7.30. The van der Waals surface area contributed by atoms with Gasteiger partial charge in [0.15, 0.2) is 0 Å². The van der Waals surface area contributed by atoms with E-state index in [1.54, 1.807) is 0 Å². The molecule has 0 aromatic carbocycles. The molecule has 0 aromatic rings. The Morgan fingerprint density at radius 2 is 1.82 bits per heavy atom. The van der Waals surface area contributed by atoms with E-state index in [-0.39, 0.29) is 5.41 Å². The van der Waals surface area contributed by atoms with E-state index >= 15 is 0 Å². The van der Waals surface area contributed by atoms with E-state index in [1.165, 1.54) is 19.3 Å². The van der Waals surface area contributed by atoms with Gasteiger partial charge in [-0.15, -0.1) is 0 Å². The van der Waals surface area contributed by atoms with Crippen LogP contribution in [0.15, 0.2) is 0 Å². The van der Waals surface area contributed by atoms with Crippen LogP contribution in [0.5, 0.6) is 0 Å². The van der Waals surface area contributed by atoms with Crippen molar-refractivity contribution < 1.29 is 5.11 Å². The molecule has 4 atom stereocenters. The quantitative estimate of drug-likeness (QED) is 0.737. The van der Waals surface area contributed by atoms with Crippen LogP contribution < -0.4 is 5.32 Å². The van der Waals surface area contributed by atoms with E-state index in [1.807, 2.05) is 0 Å². The van der Waals surface area contributed by atoms with E-state index in [9.17, 15) is 5.11 Å². The Bertz CT molecular complexity index is 276. The Morgan fingerprint density at radius 1 is 1.12 bits per heavy atom. The van der Waals surface area contributed by atoms with Gasteiger partial charge in [0.1, 0.15) is 0 Å². The van der Waals surface area contributed by atoms with Crippen molar-refractivity contribution in [3.8, 4) is 0 Å². The number of aliphatic hydroxyl groups is 1. The van der Waals surface area contributed by atoms with Gasteiger partial charge in [-0.25, -0.2) is 0 Å². The van der Waals surface area contributed by atoms with Crippen molar-refractivity contribution in [3.63, 3.8) is 0 Å². The lowest BCUT2D eigenvalue weighted by molar-refractivity contribution is -0.145. The van der Waals surface area contributed by atoms with Crippen LogP contribution in [-0.2, 0) is 0 Å². The van der Waals surface area contributed by atoms with Crippen LogP contribution in [0.1, 0.15) is 53.4 Å². The molecule has 2 fully saturated rings. The third-order valence-electron chi connectivity index (χ3n) is 5.70. The third-order valence-corrected chi connectivity index (χ3v) is 5.70. The molecule has 0 bridgehead atoms. The van der Waals surface area contributed by atoms with Crippen molar-refractivity contribution in [1.82, 2.24) is 5.32 Å². The second-order valence-electron chi connectivity index (χ2n) is 7.20. The summed E-state index contributed by atoms with van der Waals surface area (Å²) in [5, 5.41) is 14.6. The molecule has 2 N–H and O–H groups in total. The van der Waals surface area contributed by atoms with Gasteiger partial charge in [0.05, 0.1) is 5.60 Å². The van der Waals surface area contributed by atoms with Crippen LogP contribution in [0.2, 0.25) is 0 Å². The third kappa shape index (κ3) is 2.26. The van der Waals surface area contributed by atoms with E-state index in [4.69, 9.17) is 0 Å². The second-order valence-corrected chi connectivity index (χ2v) is 7.20. The van der Waals surface area contributed by atoms with Crippen molar-refractivity contribution >= 4 is 0 Å². The van der Waals surface area contributed by atoms with Gasteiger partial charge in [-0.1, -0.05) is 34.1 Å². The average molecular weight is 239 g/mol. The van der Waals surface area contributed by atoms with E-state index in [2.05, 4.69) is 33.0 Å². The zero-order valence-corrected chi connectivity index (χ0v) is 11.9. The fourth-order valence-electron chi connectivity index (χ4n) is 3.91. The van der Waals surface area contributed by atoms with Gasteiger partial charge in [-0.05, 0) is 43.6 Å². The fraction of sp³-hybridized carbons (Fsp3) is 1.00. The normalized spacial score (nSPS) is 46.8. The molecule has 0 amide bonds. The van der Waals surface area contributed by atoms with Crippen molar-refractivity contribution in [3.05, 3.63) is 0 Å². The Kier molecular flexibility index (Phi) is 3.57.